The predicted molar refractivity (Wildman–Crippen MR) is 86.4 cm³/mol. The number of esters is 1. The van der Waals surface area contributed by atoms with Crippen LogP contribution in [0.5, 0.6) is 11.5 Å². The van der Waals surface area contributed by atoms with Gasteiger partial charge in [0.05, 0.1) is 28.7 Å². The van der Waals surface area contributed by atoms with Crippen LogP contribution >= 0.6 is 0 Å². The van der Waals surface area contributed by atoms with Gasteiger partial charge in [-0.05, 0) is 12.5 Å². The van der Waals surface area contributed by atoms with Gasteiger partial charge in [-0.25, -0.2) is 4.79 Å². The third-order valence-corrected chi connectivity index (χ3v) is 3.10. The van der Waals surface area contributed by atoms with Crippen molar-refractivity contribution in [1.82, 2.24) is 0 Å². The molecule has 0 aliphatic carbocycles. The molecule has 0 aliphatic rings. The monoisotopic (exact) mass is 334 g/mol. The maximum atomic E-state index is 12.0. The van der Waals surface area contributed by atoms with E-state index in [1.807, 2.05) is 6.07 Å². The van der Waals surface area contributed by atoms with Crippen molar-refractivity contribution in [1.29, 1.82) is 0 Å². The summed E-state index contributed by atoms with van der Waals surface area (Å²) in [7, 11) is -2.84. The second-order valence-corrected chi connectivity index (χ2v) is 4.67. The Labute approximate surface area is 143 Å². The van der Waals surface area contributed by atoms with Crippen LogP contribution in [-0.4, -0.2) is 24.5 Å². The largest absolute Gasteiger partial charge is 0.493 e. The van der Waals surface area contributed by atoms with Crippen LogP contribution in [0, 0.1) is 10.1 Å². The van der Waals surface area contributed by atoms with Crippen LogP contribution in [0.15, 0.2) is 42.5 Å². The molecule has 7 heteroatoms. The zero-order valence-corrected chi connectivity index (χ0v) is 12.9. The average molecular weight is 334 g/mol. The summed E-state index contributed by atoms with van der Waals surface area (Å²) in [5.41, 5.74) is -0.239. The topological polar surface area (TPSA) is 87.9 Å². The minimum Gasteiger partial charge on any atom is -0.493 e. The summed E-state index contributed by atoms with van der Waals surface area (Å²) < 4.78 is 37.0. The van der Waals surface area contributed by atoms with E-state index < -0.39 is 29.2 Å². The summed E-state index contributed by atoms with van der Waals surface area (Å²) in [5.74, 6) is -1.46. The molecule has 0 spiro atoms. The summed E-state index contributed by atoms with van der Waals surface area (Å²) in [5, 5.41) is 11.3. The number of carbonyl (C=O) groups excluding carboxylic acids is 1. The molecule has 0 amide bonds. The number of methoxy groups -OCH3 is 1. The molecule has 0 fully saturated rings. The number of benzene rings is 2. The van der Waals surface area contributed by atoms with Gasteiger partial charge >= 0.3 is 5.97 Å². The van der Waals surface area contributed by atoms with E-state index in [1.165, 1.54) is 0 Å². The third kappa shape index (κ3) is 4.01. The highest BCUT2D eigenvalue weighted by atomic mass is 16.6. The van der Waals surface area contributed by atoms with E-state index in [0.717, 1.165) is 17.7 Å². The molecule has 7 nitrogen and oxygen atoms in total. The number of rotatable bonds is 7. The van der Waals surface area contributed by atoms with Crippen LogP contribution in [0.2, 0.25) is 0 Å². The Balaban J connectivity index is 2.46. The quantitative estimate of drug-likeness (QED) is 0.438. The molecule has 0 atom stereocenters. The zero-order valence-electron chi connectivity index (χ0n) is 15.9. The first-order chi connectivity index (χ1) is 12.7. The van der Waals surface area contributed by atoms with Crippen molar-refractivity contribution in [2.75, 3.05) is 13.6 Å². The summed E-state index contributed by atoms with van der Waals surface area (Å²) in [4.78, 5) is 22.6. The van der Waals surface area contributed by atoms with Crippen LogP contribution in [0.25, 0.3) is 0 Å². The number of nitrogens with zero attached hydrogens (tertiary/aromatic N) is 1. The van der Waals surface area contributed by atoms with E-state index in [0.29, 0.717) is 0 Å². The third-order valence-electron chi connectivity index (χ3n) is 3.10. The average Bonchev–Trinajstić information content (AvgIpc) is 2.60. The predicted octanol–water partition coefficient (Wildman–Crippen LogP) is 3.36. The van der Waals surface area contributed by atoms with E-state index in [1.54, 1.807) is 31.2 Å². The second-order valence-electron chi connectivity index (χ2n) is 4.67. The molecule has 0 unspecified atom stereocenters. The summed E-state index contributed by atoms with van der Waals surface area (Å²) in [6.07, 6.45) is 0. The fourth-order valence-electron chi connectivity index (χ4n) is 2.00. The lowest BCUT2D eigenvalue weighted by Gasteiger charge is -2.12. The molecule has 126 valence electrons. The Morgan fingerprint density at radius 2 is 2.00 bits per heavy atom. The Hall–Kier alpha value is -3.09. The van der Waals surface area contributed by atoms with Crippen molar-refractivity contribution in [3.63, 3.8) is 0 Å². The number of ether oxygens (including phenoxy) is 3. The minimum absolute atomic E-state index is 0.00227. The summed E-state index contributed by atoms with van der Waals surface area (Å²) >= 11 is 0. The lowest BCUT2D eigenvalue weighted by atomic mass is 10.1. The molecule has 0 N–H and O–H groups in total. The Kier molecular flexibility index (Phi) is 4.43. The van der Waals surface area contributed by atoms with Gasteiger partial charge in [-0.3, -0.25) is 10.1 Å². The molecule has 2 rings (SSSR count). The first kappa shape index (κ1) is 13.4. The Bertz CT molecular complexity index is 823. The van der Waals surface area contributed by atoms with E-state index >= 15 is 0 Å². The van der Waals surface area contributed by atoms with Gasteiger partial charge in [0.1, 0.15) is 12.2 Å². The molecule has 0 aromatic heterocycles. The molecule has 2 aromatic carbocycles. The van der Waals surface area contributed by atoms with Crippen molar-refractivity contribution in [3.8, 4) is 11.5 Å². The molecule has 0 bridgehead atoms. The van der Waals surface area contributed by atoms with Gasteiger partial charge in [0, 0.05) is 6.07 Å². The molecule has 24 heavy (non-hydrogen) atoms. The number of hydrogen-bond acceptors (Lipinski definition) is 6. The Morgan fingerprint density at radius 1 is 1.25 bits per heavy atom. The standard InChI is InChI=1S/C17H17NO6/c1-3-23-17(19)13-9-15(22-2)16(10-14(13)18(20)21)24-11-12-7-5-4-6-8-12/h4-10H,3,11H2,1-2H3/i2D3. The molecule has 0 saturated heterocycles. The van der Waals surface area contributed by atoms with Gasteiger partial charge in [0.2, 0.25) is 0 Å². The number of nitro groups is 1. The molecule has 0 aliphatic heterocycles. The SMILES string of the molecule is [2H]C([2H])([2H])Oc1cc(C(=O)OCC)c([N+](=O)[O-])cc1OCc1ccccc1. The van der Waals surface area contributed by atoms with Crippen molar-refractivity contribution < 1.29 is 28.0 Å². The van der Waals surface area contributed by atoms with Crippen LogP contribution in [-0.2, 0) is 11.3 Å². The maximum Gasteiger partial charge on any atom is 0.345 e. The van der Waals surface area contributed by atoms with E-state index in [2.05, 4.69) is 0 Å². The van der Waals surface area contributed by atoms with Gasteiger partial charge in [-0.1, -0.05) is 30.3 Å². The number of nitro benzene ring substituents is 1. The van der Waals surface area contributed by atoms with Crippen molar-refractivity contribution in [2.45, 2.75) is 13.5 Å². The minimum atomic E-state index is -2.84. The molecule has 0 heterocycles. The fraction of sp³-hybridized carbons (Fsp3) is 0.235. The first-order valence-corrected chi connectivity index (χ1v) is 7.06. The fourth-order valence-corrected chi connectivity index (χ4v) is 2.00. The lowest BCUT2D eigenvalue weighted by Crippen LogP contribution is -2.09. The van der Waals surface area contributed by atoms with Crippen LogP contribution in [0.3, 0.4) is 0 Å². The second kappa shape index (κ2) is 7.96. The van der Waals surface area contributed by atoms with Crippen LogP contribution in [0.1, 0.15) is 27.0 Å². The summed E-state index contributed by atoms with van der Waals surface area (Å²) in [6, 6.07) is 10.8. The zero-order chi connectivity index (χ0) is 20.0. The first-order valence-electron chi connectivity index (χ1n) is 8.56. The Morgan fingerprint density at radius 3 is 2.62 bits per heavy atom. The van der Waals surface area contributed by atoms with Gasteiger partial charge in [-0.2, -0.15) is 0 Å². The normalized spacial score (nSPS) is 12.5. The molecule has 0 saturated carbocycles. The highest BCUT2D eigenvalue weighted by Crippen LogP contribution is 2.35. The van der Waals surface area contributed by atoms with Crippen molar-refractivity contribution >= 4 is 11.7 Å². The summed E-state index contributed by atoms with van der Waals surface area (Å²) in [6.45, 7) is 1.56. The highest BCUT2D eigenvalue weighted by molar-refractivity contribution is 5.95. The van der Waals surface area contributed by atoms with Crippen molar-refractivity contribution in [3.05, 3.63) is 63.7 Å². The lowest BCUT2D eigenvalue weighted by molar-refractivity contribution is -0.385. The van der Waals surface area contributed by atoms with Crippen LogP contribution < -0.4 is 9.47 Å². The molecule has 0 radical (unpaired) electrons. The smallest absolute Gasteiger partial charge is 0.345 e. The molecular weight excluding hydrogens is 314 g/mol. The highest BCUT2D eigenvalue weighted by Gasteiger charge is 2.25. The van der Waals surface area contributed by atoms with Crippen LogP contribution in [0.4, 0.5) is 5.69 Å². The van der Waals surface area contributed by atoms with E-state index in [-0.39, 0.29) is 24.7 Å². The van der Waals surface area contributed by atoms with E-state index in [9.17, 15) is 14.9 Å². The van der Waals surface area contributed by atoms with Gasteiger partial charge in [0.15, 0.2) is 11.5 Å². The van der Waals surface area contributed by atoms with Gasteiger partial charge in [0.25, 0.3) is 5.69 Å². The molecule has 2 aromatic rings. The number of hydrogen-bond donors (Lipinski definition) is 0. The van der Waals surface area contributed by atoms with Gasteiger partial charge in [-0.15, -0.1) is 0 Å². The van der Waals surface area contributed by atoms with E-state index in [4.69, 9.17) is 18.3 Å². The maximum absolute atomic E-state index is 12.0. The number of carbonyl (C=O) groups is 1. The van der Waals surface area contributed by atoms with Gasteiger partial charge < -0.3 is 14.2 Å². The molecular formula is C17H17NO6. The van der Waals surface area contributed by atoms with Crippen molar-refractivity contribution in [2.24, 2.45) is 0 Å².